The van der Waals surface area contributed by atoms with Gasteiger partial charge in [0.15, 0.2) is 5.78 Å². The van der Waals surface area contributed by atoms with Crippen LogP contribution in [0.3, 0.4) is 0 Å². The summed E-state index contributed by atoms with van der Waals surface area (Å²) in [7, 11) is 1.54. The molecule has 108 valence electrons. The van der Waals surface area contributed by atoms with E-state index in [9.17, 15) is 9.18 Å². The minimum atomic E-state index is -0.348. The predicted octanol–water partition coefficient (Wildman–Crippen LogP) is 3.85. The molecule has 2 aromatic rings. The van der Waals surface area contributed by atoms with Gasteiger partial charge in [-0.15, -0.1) is 11.8 Å². The van der Waals surface area contributed by atoms with E-state index in [4.69, 9.17) is 4.74 Å². The maximum atomic E-state index is 13.2. The maximum Gasteiger partial charge on any atom is 0.212 e. The molecule has 1 heterocycles. The van der Waals surface area contributed by atoms with Crippen molar-refractivity contribution in [1.29, 1.82) is 0 Å². The minimum Gasteiger partial charge on any atom is -0.481 e. The van der Waals surface area contributed by atoms with Crippen LogP contribution >= 0.6 is 11.8 Å². The first-order valence-electron chi connectivity index (χ1n) is 6.20. The highest BCUT2D eigenvalue weighted by molar-refractivity contribution is 7.98. The van der Waals surface area contributed by atoms with Crippen LogP contribution in [0.15, 0.2) is 47.5 Å². The molecule has 3 nitrogen and oxygen atoms in total. The highest BCUT2D eigenvalue weighted by Crippen LogP contribution is 2.22. The van der Waals surface area contributed by atoms with Gasteiger partial charge in [-0.05, 0) is 48.2 Å². The van der Waals surface area contributed by atoms with Crippen molar-refractivity contribution < 1.29 is 13.9 Å². The van der Waals surface area contributed by atoms with Crippen LogP contribution in [0, 0.1) is 5.82 Å². The lowest BCUT2D eigenvalue weighted by atomic mass is 10.1. The Balaban J connectivity index is 2.18. The molecule has 21 heavy (non-hydrogen) atoms. The standard InChI is InChI=1S/C16H14FNO2S/c1-20-16-8-4-11(10-18-16)3-7-14(19)13-6-5-12(17)9-15(13)21-2/h3-10H,1-2H3/b7-3+. The molecular formula is C16H14FNO2S. The van der Waals surface area contributed by atoms with Gasteiger partial charge in [0, 0.05) is 22.7 Å². The summed E-state index contributed by atoms with van der Waals surface area (Å²) in [5.41, 5.74) is 1.28. The molecule has 0 saturated carbocycles. The minimum absolute atomic E-state index is 0.171. The van der Waals surface area contributed by atoms with E-state index in [0.717, 1.165) is 5.56 Å². The summed E-state index contributed by atoms with van der Waals surface area (Å²) in [4.78, 5) is 16.8. The van der Waals surface area contributed by atoms with Gasteiger partial charge < -0.3 is 4.74 Å². The number of halogens is 1. The first-order chi connectivity index (χ1) is 10.1. The summed E-state index contributed by atoms with van der Waals surface area (Å²) < 4.78 is 18.1. The van der Waals surface area contributed by atoms with Crippen molar-refractivity contribution in [1.82, 2.24) is 4.98 Å². The van der Waals surface area contributed by atoms with Gasteiger partial charge >= 0.3 is 0 Å². The van der Waals surface area contributed by atoms with E-state index in [2.05, 4.69) is 4.98 Å². The van der Waals surface area contributed by atoms with Crippen LogP contribution in [0.25, 0.3) is 6.08 Å². The number of allylic oxidation sites excluding steroid dienone is 1. The summed E-state index contributed by atoms with van der Waals surface area (Å²) in [6.07, 6.45) is 6.55. The van der Waals surface area contributed by atoms with Gasteiger partial charge in [-0.25, -0.2) is 9.37 Å². The zero-order chi connectivity index (χ0) is 15.2. The van der Waals surface area contributed by atoms with Gasteiger partial charge in [0.25, 0.3) is 0 Å². The number of ether oxygens (including phenoxy) is 1. The van der Waals surface area contributed by atoms with Crippen molar-refractivity contribution in [2.24, 2.45) is 0 Å². The smallest absolute Gasteiger partial charge is 0.212 e. The van der Waals surface area contributed by atoms with E-state index in [1.54, 1.807) is 31.5 Å². The van der Waals surface area contributed by atoms with Crippen LogP contribution in [0.4, 0.5) is 4.39 Å². The third-order valence-corrected chi connectivity index (χ3v) is 3.60. The zero-order valence-corrected chi connectivity index (χ0v) is 12.5. The largest absolute Gasteiger partial charge is 0.481 e. The molecule has 0 aliphatic carbocycles. The van der Waals surface area contributed by atoms with Gasteiger partial charge in [-0.1, -0.05) is 0 Å². The number of aromatic nitrogens is 1. The maximum absolute atomic E-state index is 13.2. The molecule has 0 saturated heterocycles. The molecule has 5 heteroatoms. The number of pyridine rings is 1. The highest BCUT2D eigenvalue weighted by atomic mass is 32.2. The van der Waals surface area contributed by atoms with Crippen molar-refractivity contribution in [2.75, 3.05) is 13.4 Å². The van der Waals surface area contributed by atoms with E-state index >= 15 is 0 Å². The monoisotopic (exact) mass is 303 g/mol. The van der Waals surface area contributed by atoms with E-state index in [0.29, 0.717) is 16.3 Å². The molecule has 1 aromatic carbocycles. The molecule has 0 fully saturated rings. The Morgan fingerprint density at radius 2 is 2.14 bits per heavy atom. The normalized spacial score (nSPS) is 10.8. The fraction of sp³-hybridized carbons (Fsp3) is 0.125. The Morgan fingerprint density at radius 1 is 1.33 bits per heavy atom. The Bertz CT molecular complexity index is 668. The number of hydrogen-bond acceptors (Lipinski definition) is 4. The number of nitrogens with zero attached hydrogens (tertiary/aromatic N) is 1. The van der Waals surface area contributed by atoms with E-state index < -0.39 is 0 Å². The molecular weight excluding hydrogens is 289 g/mol. The lowest BCUT2D eigenvalue weighted by Gasteiger charge is -2.03. The summed E-state index contributed by atoms with van der Waals surface area (Å²) in [5, 5.41) is 0. The highest BCUT2D eigenvalue weighted by Gasteiger charge is 2.09. The summed E-state index contributed by atoms with van der Waals surface area (Å²) in [5.74, 6) is -0.00363. The van der Waals surface area contributed by atoms with E-state index in [-0.39, 0.29) is 11.6 Å². The van der Waals surface area contributed by atoms with Gasteiger partial charge in [-0.2, -0.15) is 0 Å². The van der Waals surface area contributed by atoms with E-state index in [1.165, 1.54) is 36.0 Å². The molecule has 0 aliphatic rings. The van der Waals surface area contributed by atoms with Gasteiger partial charge in [0.2, 0.25) is 5.88 Å². The molecule has 0 amide bonds. The molecule has 2 rings (SSSR count). The van der Waals surface area contributed by atoms with Gasteiger partial charge in [-0.3, -0.25) is 4.79 Å². The van der Waals surface area contributed by atoms with Crippen molar-refractivity contribution in [3.8, 4) is 5.88 Å². The third-order valence-electron chi connectivity index (χ3n) is 2.82. The van der Waals surface area contributed by atoms with Crippen molar-refractivity contribution in [2.45, 2.75) is 4.90 Å². The second-order valence-corrected chi connectivity index (χ2v) is 5.02. The van der Waals surface area contributed by atoms with Crippen LogP contribution in [0.5, 0.6) is 5.88 Å². The van der Waals surface area contributed by atoms with Crippen LogP contribution in [0.2, 0.25) is 0 Å². The second-order valence-electron chi connectivity index (χ2n) is 4.18. The molecule has 0 radical (unpaired) electrons. The van der Waals surface area contributed by atoms with Crippen LogP contribution in [-0.4, -0.2) is 24.1 Å². The molecule has 0 bridgehead atoms. The van der Waals surface area contributed by atoms with Crippen LogP contribution in [-0.2, 0) is 0 Å². The Hall–Kier alpha value is -2.14. The number of benzene rings is 1. The topological polar surface area (TPSA) is 39.2 Å². The molecule has 1 aromatic heterocycles. The molecule has 0 atom stereocenters. The van der Waals surface area contributed by atoms with Crippen LogP contribution < -0.4 is 4.74 Å². The third kappa shape index (κ3) is 3.92. The molecule has 0 spiro atoms. The number of carbonyl (C=O) groups is 1. The molecule has 0 aliphatic heterocycles. The van der Waals surface area contributed by atoms with E-state index in [1.807, 2.05) is 6.26 Å². The zero-order valence-electron chi connectivity index (χ0n) is 11.7. The van der Waals surface area contributed by atoms with Crippen molar-refractivity contribution in [3.05, 3.63) is 59.5 Å². The Labute approximate surface area is 126 Å². The first-order valence-corrected chi connectivity index (χ1v) is 7.42. The number of methoxy groups -OCH3 is 1. The quantitative estimate of drug-likeness (QED) is 0.478. The lowest BCUT2D eigenvalue weighted by Crippen LogP contribution is -1.97. The van der Waals surface area contributed by atoms with Crippen LogP contribution in [0.1, 0.15) is 15.9 Å². The second kappa shape index (κ2) is 7.04. The lowest BCUT2D eigenvalue weighted by molar-refractivity contribution is 0.104. The first kappa shape index (κ1) is 15.3. The van der Waals surface area contributed by atoms with Gasteiger partial charge in [0.1, 0.15) is 5.82 Å². The Morgan fingerprint density at radius 3 is 2.76 bits per heavy atom. The number of thioether (sulfide) groups is 1. The average Bonchev–Trinajstić information content (AvgIpc) is 2.52. The number of ketones is 1. The number of rotatable bonds is 5. The summed E-state index contributed by atoms with van der Waals surface area (Å²) >= 11 is 1.34. The predicted molar refractivity (Wildman–Crippen MR) is 82.3 cm³/mol. The fourth-order valence-electron chi connectivity index (χ4n) is 1.74. The van der Waals surface area contributed by atoms with Crippen molar-refractivity contribution >= 4 is 23.6 Å². The molecule has 0 N–H and O–H groups in total. The SMILES string of the molecule is COc1ccc(/C=C/C(=O)c2ccc(F)cc2SC)cn1. The fourth-order valence-corrected chi connectivity index (χ4v) is 2.36. The molecule has 0 unspecified atom stereocenters. The summed E-state index contributed by atoms with van der Waals surface area (Å²) in [6.45, 7) is 0. The Kier molecular flexibility index (Phi) is 5.11. The average molecular weight is 303 g/mol. The number of carbonyl (C=O) groups excluding carboxylic acids is 1. The summed E-state index contributed by atoms with van der Waals surface area (Å²) in [6, 6.07) is 7.67. The van der Waals surface area contributed by atoms with Gasteiger partial charge in [0.05, 0.1) is 7.11 Å². The number of hydrogen-bond donors (Lipinski definition) is 0. The van der Waals surface area contributed by atoms with Crippen molar-refractivity contribution in [3.63, 3.8) is 0 Å².